The molecule has 1 aliphatic carbocycles. The van der Waals surface area contributed by atoms with E-state index in [1.54, 1.807) is 0 Å². The topological polar surface area (TPSA) is 3.24 Å². The molecule has 1 rings (SSSR count). The van der Waals surface area contributed by atoms with Crippen LogP contribution in [0.4, 0.5) is 0 Å². The van der Waals surface area contributed by atoms with Gasteiger partial charge in [0.25, 0.3) is 0 Å². The fourth-order valence-corrected chi connectivity index (χ4v) is 3.10. The molecule has 0 fully saturated rings. The fraction of sp³-hybridized carbons (Fsp3) is 0.524. The molecule has 0 saturated heterocycles. The Labute approximate surface area is 137 Å². The molecular weight excluding hydrogens is 266 g/mol. The zero-order valence-electron chi connectivity index (χ0n) is 14.9. The lowest BCUT2D eigenvalue weighted by molar-refractivity contribution is 0.335. The zero-order chi connectivity index (χ0) is 16.5. The van der Waals surface area contributed by atoms with Gasteiger partial charge in [-0.05, 0) is 25.7 Å². The van der Waals surface area contributed by atoms with E-state index in [0.29, 0.717) is 11.8 Å². The smallest absolute Gasteiger partial charge is 0.0172 e. The molecule has 1 aliphatic rings. The summed E-state index contributed by atoms with van der Waals surface area (Å²) in [6.07, 6.45) is 14.2. The van der Waals surface area contributed by atoms with Crippen LogP contribution in [0.1, 0.15) is 47.0 Å². The van der Waals surface area contributed by atoms with Crippen molar-refractivity contribution in [2.24, 2.45) is 11.8 Å². The first-order chi connectivity index (χ1) is 10.5. The highest BCUT2D eigenvalue weighted by molar-refractivity contribution is 5.33. The van der Waals surface area contributed by atoms with Gasteiger partial charge >= 0.3 is 0 Å². The first-order valence-electron chi connectivity index (χ1n) is 8.64. The quantitative estimate of drug-likeness (QED) is 0.480. The maximum absolute atomic E-state index is 4.38. The van der Waals surface area contributed by atoms with Crippen molar-refractivity contribution in [2.45, 2.75) is 47.0 Å². The molecule has 122 valence electrons. The summed E-state index contributed by atoms with van der Waals surface area (Å²) < 4.78 is 0. The Bertz CT molecular complexity index is 458. The Morgan fingerprint density at radius 3 is 2.23 bits per heavy atom. The van der Waals surface area contributed by atoms with Gasteiger partial charge in [0.1, 0.15) is 0 Å². The maximum atomic E-state index is 4.38. The number of hydrogen-bond acceptors (Lipinski definition) is 1. The van der Waals surface area contributed by atoms with Gasteiger partial charge in [-0.3, -0.25) is 0 Å². The van der Waals surface area contributed by atoms with Gasteiger partial charge in [-0.2, -0.15) is 0 Å². The average molecular weight is 300 g/mol. The lowest BCUT2D eigenvalue weighted by atomic mass is 9.80. The van der Waals surface area contributed by atoms with Crippen LogP contribution in [0.2, 0.25) is 0 Å². The van der Waals surface area contributed by atoms with Gasteiger partial charge in [0, 0.05) is 31.1 Å². The largest absolute Gasteiger partial charge is 0.375 e. The van der Waals surface area contributed by atoms with Crippen molar-refractivity contribution in [3.8, 4) is 0 Å². The predicted molar refractivity (Wildman–Crippen MR) is 99.7 cm³/mol. The molecule has 0 aromatic heterocycles. The van der Waals surface area contributed by atoms with Gasteiger partial charge in [0.05, 0.1) is 0 Å². The van der Waals surface area contributed by atoms with Crippen LogP contribution in [0.25, 0.3) is 0 Å². The van der Waals surface area contributed by atoms with Crippen LogP contribution >= 0.6 is 0 Å². The Balaban J connectivity index is 2.95. The summed E-state index contributed by atoms with van der Waals surface area (Å²) in [7, 11) is 0. The van der Waals surface area contributed by atoms with E-state index in [4.69, 9.17) is 0 Å². The van der Waals surface area contributed by atoms with Crippen LogP contribution in [0, 0.1) is 11.8 Å². The minimum atomic E-state index is 0.463. The van der Waals surface area contributed by atoms with E-state index < -0.39 is 0 Å². The van der Waals surface area contributed by atoms with Crippen LogP contribution in [-0.4, -0.2) is 18.0 Å². The molecular formula is C21H33N. The molecule has 1 heteroatoms. The van der Waals surface area contributed by atoms with Crippen molar-refractivity contribution in [1.29, 1.82) is 0 Å². The van der Waals surface area contributed by atoms with Gasteiger partial charge in [-0.25, -0.2) is 0 Å². The van der Waals surface area contributed by atoms with Crippen molar-refractivity contribution >= 4 is 0 Å². The SMILES string of the molecule is C=C/C(C)=C(\CC(=C)N(CCC)CCC)C1C=CC=CC1C. The van der Waals surface area contributed by atoms with Gasteiger partial charge in [0.2, 0.25) is 0 Å². The van der Waals surface area contributed by atoms with Crippen molar-refractivity contribution < 1.29 is 0 Å². The Morgan fingerprint density at radius 2 is 1.73 bits per heavy atom. The lowest BCUT2D eigenvalue weighted by Crippen LogP contribution is -2.26. The van der Waals surface area contributed by atoms with E-state index in [0.717, 1.165) is 19.5 Å². The molecule has 0 bridgehead atoms. The first-order valence-corrected chi connectivity index (χ1v) is 8.64. The van der Waals surface area contributed by atoms with Crippen LogP contribution < -0.4 is 0 Å². The van der Waals surface area contributed by atoms with Crippen LogP contribution in [0.3, 0.4) is 0 Å². The van der Waals surface area contributed by atoms with E-state index in [2.05, 4.69) is 70.1 Å². The van der Waals surface area contributed by atoms with Crippen LogP contribution in [-0.2, 0) is 0 Å². The molecule has 0 N–H and O–H groups in total. The molecule has 0 aromatic carbocycles. The number of rotatable bonds is 9. The van der Waals surface area contributed by atoms with E-state index >= 15 is 0 Å². The van der Waals surface area contributed by atoms with Gasteiger partial charge in [-0.1, -0.05) is 75.5 Å². The second-order valence-corrected chi connectivity index (χ2v) is 6.30. The number of nitrogens with zero attached hydrogens (tertiary/aromatic N) is 1. The summed E-state index contributed by atoms with van der Waals surface area (Å²) in [6.45, 7) is 19.5. The zero-order valence-corrected chi connectivity index (χ0v) is 14.9. The molecule has 0 heterocycles. The molecule has 22 heavy (non-hydrogen) atoms. The Morgan fingerprint density at radius 1 is 1.14 bits per heavy atom. The minimum absolute atomic E-state index is 0.463. The molecule has 0 amide bonds. The van der Waals surface area contributed by atoms with E-state index in [1.165, 1.54) is 29.7 Å². The summed E-state index contributed by atoms with van der Waals surface area (Å²) in [5.74, 6) is 0.998. The third-order valence-corrected chi connectivity index (χ3v) is 4.45. The van der Waals surface area contributed by atoms with Crippen molar-refractivity contribution in [3.63, 3.8) is 0 Å². The molecule has 0 aromatic rings. The van der Waals surface area contributed by atoms with E-state index in [-0.39, 0.29) is 0 Å². The molecule has 0 spiro atoms. The van der Waals surface area contributed by atoms with E-state index in [1.807, 2.05) is 6.08 Å². The third kappa shape index (κ3) is 5.05. The van der Waals surface area contributed by atoms with Gasteiger partial charge in [0.15, 0.2) is 0 Å². The standard InChI is InChI=1S/C21H33N/c1-7-14-22(15-8-2)19(6)16-21(17(4)9-3)20-13-11-10-12-18(20)5/h9-13,18,20H,3,6-8,14-16H2,1-2,4-5H3/b21-17+. The summed E-state index contributed by atoms with van der Waals surface area (Å²) in [5.41, 5.74) is 4.01. The monoisotopic (exact) mass is 299 g/mol. The molecule has 0 saturated carbocycles. The second-order valence-electron chi connectivity index (χ2n) is 6.30. The lowest BCUT2D eigenvalue weighted by Gasteiger charge is -2.31. The average Bonchev–Trinajstić information content (AvgIpc) is 2.52. The van der Waals surface area contributed by atoms with Crippen LogP contribution in [0.5, 0.6) is 0 Å². The predicted octanol–water partition coefficient (Wildman–Crippen LogP) is 5.89. The Hall–Kier alpha value is -1.50. The molecule has 2 unspecified atom stereocenters. The molecule has 0 radical (unpaired) electrons. The summed E-state index contributed by atoms with van der Waals surface area (Å²) in [4.78, 5) is 2.45. The minimum Gasteiger partial charge on any atom is -0.375 e. The summed E-state index contributed by atoms with van der Waals surface area (Å²) in [5, 5.41) is 0. The molecule has 1 nitrogen and oxygen atoms in total. The van der Waals surface area contributed by atoms with Crippen molar-refractivity contribution in [2.75, 3.05) is 13.1 Å². The van der Waals surface area contributed by atoms with Crippen LogP contribution in [0.15, 0.2) is 60.4 Å². The van der Waals surface area contributed by atoms with E-state index in [9.17, 15) is 0 Å². The second kappa shape index (κ2) is 9.50. The summed E-state index contributed by atoms with van der Waals surface area (Å²) >= 11 is 0. The summed E-state index contributed by atoms with van der Waals surface area (Å²) in [6, 6.07) is 0. The maximum Gasteiger partial charge on any atom is 0.0172 e. The number of hydrogen-bond donors (Lipinski definition) is 0. The Kier molecular flexibility index (Phi) is 8.01. The molecule has 2 atom stereocenters. The molecule has 0 aliphatic heterocycles. The van der Waals surface area contributed by atoms with Gasteiger partial charge < -0.3 is 4.90 Å². The normalized spacial score (nSPS) is 21.5. The highest BCUT2D eigenvalue weighted by Gasteiger charge is 2.21. The highest BCUT2D eigenvalue weighted by Crippen LogP contribution is 2.33. The third-order valence-electron chi connectivity index (χ3n) is 4.45. The fourth-order valence-electron chi connectivity index (χ4n) is 3.10. The van der Waals surface area contributed by atoms with Gasteiger partial charge in [-0.15, -0.1) is 0 Å². The number of allylic oxidation sites excluding steroid dienone is 7. The first kappa shape index (κ1) is 18.5. The highest BCUT2D eigenvalue weighted by atomic mass is 15.1. The van der Waals surface area contributed by atoms with Crippen molar-refractivity contribution in [1.82, 2.24) is 4.90 Å². The van der Waals surface area contributed by atoms with Crippen molar-refractivity contribution in [3.05, 3.63) is 60.4 Å².